The summed E-state index contributed by atoms with van der Waals surface area (Å²) in [6, 6.07) is 3.09. The monoisotopic (exact) mass is 473 g/mol. The van der Waals surface area contributed by atoms with Gasteiger partial charge in [0.05, 0.1) is 11.4 Å². The number of nitrogens with one attached hydrogen (secondary N) is 2. The molecule has 0 bridgehead atoms. The smallest absolute Gasteiger partial charge is 0.324 e. The predicted molar refractivity (Wildman–Crippen MR) is 117 cm³/mol. The number of imide groups is 1. The van der Waals surface area contributed by atoms with Gasteiger partial charge >= 0.3 is 6.03 Å². The number of rotatable bonds is 12. The molecule has 1 aromatic carbocycles. The summed E-state index contributed by atoms with van der Waals surface area (Å²) in [5.74, 6) is -1.01. The van der Waals surface area contributed by atoms with Crippen molar-refractivity contribution in [3.8, 4) is 5.75 Å². The van der Waals surface area contributed by atoms with Crippen LogP contribution < -0.4 is 14.8 Å². The van der Waals surface area contributed by atoms with Gasteiger partial charge in [0.1, 0.15) is 6.61 Å². The number of benzene rings is 1. The largest absolute Gasteiger partial charge is 0.488 e. The summed E-state index contributed by atoms with van der Waals surface area (Å²) in [5, 5.41) is 12.0. The lowest BCUT2D eigenvalue weighted by Gasteiger charge is -2.26. The van der Waals surface area contributed by atoms with Gasteiger partial charge in [0.2, 0.25) is 15.9 Å². The lowest BCUT2D eigenvalue weighted by atomic mass is 10.1. The van der Waals surface area contributed by atoms with Crippen LogP contribution in [0, 0.1) is 5.82 Å². The molecular weight excluding hydrogens is 441 g/mol. The Kier molecular flexibility index (Phi) is 8.99. The van der Waals surface area contributed by atoms with Crippen LogP contribution >= 0.6 is 0 Å². The summed E-state index contributed by atoms with van der Waals surface area (Å²) < 4.78 is 46.7. The molecule has 0 spiro atoms. The second kappa shape index (κ2) is 11.1. The normalized spacial score (nSPS) is 16.1. The molecule has 1 aliphatic heterocycles. The van der Waals surface area contributed by atoms with Gasteiger partial charge in [0.15, 0.2) is 11.6 Å². The molecule has 0 saturated carbocycles. The molecule has 0 aliphatic carbocycles. The van der Waals surface area contributed by atoms with Crippen LogP contribution in [0.1, 0.15) is 58.1 Å². The third kappa shape index (κ3) is 8.71. The molecule has 9 nitrogen and oxygen atoms in total. The lowest BCUT2D eigenvalue weighted by molar-refractivity contribution is -0.121. The second-order valence-corrected chi connectivity index (χ2v) is 10.5. The number of amides is 3. The van der Waals surface area contributed by atoms with E-state index in [1.807, 2.05) is 0 Å². The lowest BCUT2D eigenvalue weighted by Crippen LogP contribution is -2.49. The number of aliphatic hydroxyl groups is 1. The summed E-state index contributed by atoms with van der Waals surface area (Å²) in [6.07, 6.45) is 1.93. The van der Waals surface area contributed by atoms with E-state index in [1.54, 1.807) is 11.8 Å². The molecular formula is C21H32FN3O6S. The first-order valence-electron chi connectivity index (χ1n) is 10.6. The number of halogens is 1. The van der Waals surface area contributed by atoms with Gasteiger partial charge in [-0.15, -0.1) is 0 Å². The van der Waals surface area contributed by atoms with Gasteiger partial charge in [0.25, 0.3) is 0 Å². The average molecular weight is 474 g/mol. The van der Waals surface area contributed by atoms with E-state index in [0.29, 0.717) is 37.9 Å². The molecule has 1 saturated heterocycles. The van der Waals surface area contributed by atoms with Crippen LogP contribution in [-0.2, 0) is 14.8 Å². The molecule has 1 fully saturated rings. The van der Waals surface area contributed by atoms with Crippen molar-refractivity contribution in [2.24, 2.45) is 0 Å². The van der Waals surface area contributed by atoms with Gasteiger partial charge in [-0.05, 0) is 51.3 Å². The Morgan fingerprint density at radius 2 is 2.00 bits per heavy atom. The van der Waals surface area contributed by atoms with E-state index < -0.39 is 33.5 Å². The van der Waals surface area contributed by atoms with E-state index in [-0.39, 0.29) is 30.4 Å². The number of unbranched alkanes of at least 4 members (excludes halogenated alkanes) is 2. The highest BCUT2D eigenvalue weighted by molar-refractivity contribution is 7.89. The van der Waals surface area contributed by atoms with E-state index >= 15 is 0 Å². The first kappa shape index (κ1) is 26.0. The van der Waals surface area contributed by atoms with Gasteiger partial charge in [-0.25, -0.2) is 22.3 Å². The number of hydrogen-bond acceptors (Lipinski definition) is 6. The topological polar surface area (TPSA) is 125 Å². The maximum atomic E-state index is 14.0. The zero-order valence-corrected chi connectivity index (χ0v) is 19.5. The molecule has 2 rings (SSSR count). The summed E-state index contributed by atoms with van der Waals surface area (Å²) in [6.45, 7) is 5.46. The van der Waals surface area contributed by atoms with Crippen molar-refractivity contribution in [3.63, 3.8) is 0 Å². The highest BCUT2D eigenvalue weighted by Gasteiger charge is 2.22. The molecule has 1 atom stereocenters. The molecule has 0 unspecified atom stereocenters. The predicted octanol–water partition coefficient (Wildman–Crippen LogP) is 2.07. The minimum atomic E-state index is -3.57. The maximum Gasteiger partial charge on any atom is 0.324 e. The first-order chi connectivity index (χ1) is 14.9. The van der Waals surface area contributed by atoms with Crippen molar-refractivity contribution in [2.45, 2.75) is 58.1 Å². The van der Waals surface area contributed by atoms with Crippen molar-refractivity contribution in [1.82, 2.24) is 14.9 Å². The zero-order valence-electron chi connectivity index (χ0n) is 18.7. The summed E-state index contributed by atoms with van der Waals surface area (Å²) in [4.78, 5) is 24.3. The van der Waals surface area contributed by atoms with Crippen LogP contribution in [0.4, 0.5) is 9.18 Å². The van der Waals surface area contributed by atoms with E-state index in [2.05, 4.69) is 10.0 Å². The minimum absolute atomic E-state index is 0.0564. The highest BCUT2D eigenvalue weighted by atomic mass is 32.2. The third-order valence-corrected chi connectivity index (χ3v) is 6.41. The Hall–Kier alpha value is -2.24. The Morgan fingerprint density at radius 1 is 1.28 bits per heavy atom. The molecule has 11 heteroatoms. The number of carbonyl (C=O) groups excluding carboxylic acids is 2. The van der Waals surface area contributed by atoms with E-state index in [4.69, 9.17) is 4.74 Å². The third-order valence-electron chi connectivity index (χ3n) is 4.88. The fourth-order valence-electron chi connectivity index (χ4n) is 3.13. The Morgan fingerprint density at radius 3 is 2.66 bits per heavy atom. The number of nitrogens with zero attached hydrogens (tertiary/aromatic N) is 1. The second-order valence-electron chi connectivity index (χ2n) is 8.60. The number of sulfonamides is 1. The summed E-state index contributed by atoms with van der Waals surface area (Å²) in [7, 11) is -3.57. The standard InChI is InChI=1S/C21H32FN3O6S/c1-15(16-7-8-17(22)18(13-16)31-14-21(2,3)28)24-32(29,30)12-6-4-5-10-25-11-9-19(26)23-20(25)27/h7-8,13,15,24,28H,4-6,9-12,14H2,1-3H3,(H,23,26,27)/t15-/m1/s1. The molecule has 32 heavy (non-hydrogen) atoms. The van der Waals surface area contributed by atoms with Gasteiger partial charge < -0.3 is 14.7 Å². The molecule has 0 aromatic heterocycles. The number of hydrogen-bond donors (Lipinski definition) is 3. The zero-order chi connectivity index (χ0) is 23.9. The SMILES string of the molecule is C[C@@H](NS(=O)(=O)CCCCCN1CCC(=O)NC1=O)c1ccc(F)c(OCC(C)(C)O)c1. The maximum absolute atomic E-state index is 14.0. The highest BCUT2D eigenvalue weighted by Crippen LogP contribution is 2.24. The van der Waals surface area contributed by atoms with Crippen molar-refractivity contribution < 1.29 is 32.2 Å². The molecule has 3 N–H and O–H groups in total. The molecule has 0 radical (unpaired) electrons. The van der Waals surface area contributed by atoms with Gasteiger partial charge in [-0.2, -0.15) is 0 Å². The first-order valence-corrected chi connectivity index (χ1v) is 12.2. The van der Waals surface area contributed by atoms with Crippen LogP contribution in [0.3, 0.4) is 0 Å². The molecule has 1 aliphatic rings. The number of ether oxygens (including phenoxy) is 1. The Bertz CT molecular complexity index is 917. The van der Waals surface area contributed by atoms with Crippen molar-refractivity contribution >= 4 is 22.0 Å². The molecule has 1 aromatic rings. The van der Waals surface area contributed by atoms with E-state index in [0.717, 1.165) is 0 Å². The van der Waals surface area contributed by atoms with Crippen molar-refractivity contribution in [2.75, 3.05) is 25.4 Å². The summed E-state index contributed by atoms with van der Waals surface area (Å²) in [5.41, 5.74) is -0.600. The van der Waals surface area contributed by atoms with Gasteiger partial charge in [-0.1, -0.05) is 12.5 Å². The molecule has 180 valence electrons. The fourth-order valence-corrected chi connectivity index (χ4v) is 4.51. The number of carbonyl (C=O) groups is 2. The molecule has 3 amide bonds. The van der Waals surface area contributed by atoms with E-state index in [1.165, 1.54) is 32.0 Å². The fraction of sp³-hybridized carbons (Fsp3) is 0.619. The van der Waals surface area contributed by atoms with Crippen molar-refractivity contribution in [3.05, 3.63) is 29.6 Å². The minimum Gasteiger partial charge on any atom is -0.488 e. The van der Waals surface area contributed by atoms with Crippen LogP contribution in [0.25, 0.3) is 0 Å². The Labute approximate surface area is 188 Å². The van der Waals surface area contributed by atoms with E-state index in [9.17, 15) is 27.5 Å². The summed E-state index contributed by atoms with van der Waals surface area (Å²) >= 11 is 0. The van der Waals surface area contributed by atoms with Gasteiger partial charge in [0, 0.05) is 25.6 Å². The van der Waals surface area contributed by atoms with Crippen LogP contribution in [0.5, 0.6) is 5.75 Å². The quantitative estimate of drug-likeness (QED) is 0.399. The van der Waals surface area contributed by atoms with Crippen molar-refractivity contribution in [1.29, 1.82) is 0 Å². The van der Waals surface area contributed by atoms with Crippen LogP contribution in [0.2, 0.25) is 0 Å². The van der Waals surface area contributed by atoms with Crippen LogP contribution in [0.15, 0.2) is 18.2 Å². The number of urea groups is 1. The van der Waals surface area contributed by atoms with Crippen LogP contribution in [-0.4, -0.2) is 61.4 Å². The average Bonchev–Trinajstić information content (AvgIpc) is 2.67. The Balaban J connectivity index is 1.80. The van der Waals surface area contributed by atoms with Gasteiger partial charge in [-0.3, -0.25) is 10.1 Å². The molecule has 1 heterocycles.